The molecule has 0 N–H and O–H groups in total. The Hall–Kier alpha value is -8.73. The lowest BCUT2D eigenvalue weighted by molar-refractivity contribution is 0.673. The topological polar surface area (TPSA) is 51.8 Å². The third-order valence-corrected chi connectivity index (χ3v) is 12.9. The van der Waals surface area contributed by atoms with Crippen LogP contribution in [0.25, 0.3) is 133 Å². The molecule has 0 amide bonds. The summed E-state index contributed by atoms with van der Waals surface area (Å²) in [5.41, 5.74) is 11.4. The van der Waals surface area contributed by atoms with Crippen LogP contribution in [0, 0.1) is 0 Å². The molecule has 0 saturated heterocycles. The van der Waals surface area contributed by atoms with Crippen LogP contribution < -0.4 is 0 Å². The first kappa shape index (κ1) is 36.9. The lowest BCUT2D eigenvalue weighted by Gasteiger charge is -2.13. The van der Waals surface area contributed by atoms with E-state index in [1.54, 1.807) is 0 Å². The van der Waals surface area contributed by atoms with E-state index >= 15 is 0 Å². The molecule has 302 valence electrons. The van der Waals surface area contributed by atoms with Crippen molar-refractivity contribution in [1.29, 1.82) is 0 Å². The van der Waals surface area contributed by atoms with Gasteiger partial charge in [0.05, 0.1) is 0 Å². The minimum absolute atomic E-state index is 0.623. The van der Waals surface area contributed by atoms with Gasteiger partial charge in [-0.1, -0.05) is 200 Å². The van der Waals surface area contributed by atoms with E-state index in [-0.39, 0.29) is 0 Å². The molecule has 0 aliphatic heterocycles. The van der Waals surface area contributed by atoms with Gasteiger partial charge in [0.15, 0.2) is 17.5 Å². The van der Waals surface area contributed by atoms with E-state index in [1.807, 2.05) is 0 Å². The first-order valence-corrected chi connectivity index (χ1v) is 22.0. The third kappa shape index (κ3) is 6.18. The second-order valence-electron chi connectivity index (χ2n) is 16.7. The maximum Gasteiger partial charge on any atom is 0.164 e. The molecule has 2 aromatic heterocycles. The summed E-state index contributed by atoms with van der Waals surface area (Å²) < 4.78 is 6.74. The Kier molecular flexibility index (Phi) is 8.50. The van der Waals surface area contributed by atoms with Crippen molar-refractivity contribution >= 4 is 65.0 Å². The molecule has 65 heavy (non-hydrogen) atoms. The fourth-order valence-corrected chi connectivity index (χ4v) is 9.86. The van der Waals surface area contributed by atoms with Gasteiger partial charge in [0.1, 0.15) is 11.2 Å². The molecule has 13 rings (SSSR count). The molecule has 0 fully saturated rings. The zero-order valence-electron chi connectivity index (χ0n) is 35.1. The Morgan fingerprint density at radius 3 is 1.28 bits per heavy atom. The van der Waals surface area contributed by atoms with Crippen LogP contribution in [0.1, 0.15) is 0 Å². The molecule has 0 bridgehead atoms. The van der Waals surface area contributed by atoms with E-state index in [2.05, 4.69) is 224 Å². The summed E-state index contributed by atoms with van der Waals surface area (Å²) in [4.78, 5) is 15.6. The Balaban J connectivity index is 0.916. The number of rotatable bonds is 6. The SMILES string of the molecule is c1cc(-c2cccc(-c3nc(-c4cccc5ccccc45)nc(-c4cccc5ccccc45)n3)c2)cc(-c2cccc(-c3cccc4oc5c6ccccc6c6ccccc6c5c34)c2)c1. The van der Waals surface area contributed by atoms with Crippen molar-refractivity contribution in [2.45, 2.75) is 0 Å². The predicted octanol–water partition coefficient (Wildman–Crippen LogP) is 16.4. The molecule has 2 heterocycles. The largest absolute Gasteiger partial charge is 0.455 e. The van der Waals surface area contributed by atoms with Crippen molar-refractivity contribution in [3.63, 3.8) is 0 Å². The number of nitrogens with zero attached hydrogens (tertiary/aromatic N) is 3. The molecule has 0 spiro atoms. The quantitative estimate of drug-likeness (QED) is 0.157. The summed E-state index contributed by atoms with van der Waals surface area (Å²) in [6.45, 7) is 0. The van der Waals surface area contributed by atoms with Gasteiger partial charge in [-0.05, 0) is 95.3 Å². The lowest BCUT2D eigenvalue weighted by atomic mass is 9.92. The number of fused-ring (bicyclic) bond motifs is 10. The third-order valence-electron chi connectivity index (χ3n) is 12.9. The zero-order valence-corrected chi connectivity index (χ0v) is 35.1. The average molecular weight is 828 g/mol. The second-order valence-corrected chi connectivity index (χ2v) is 16.7. The summed E-state index contributed by atoms with van der Waals surface area (Å²) in [5, 5.41) is 11.5. The van der Waals surface area contributed by atoms with Gasteiger partial charge in [0.25, 0.3) is 0 Å². The van der Waals surface area contributed by atoms with Gasteiger partial charge < -0.3 is 4.42 Å². The highest BCUT2D eigenvalue weighted by Gasteiger charge is 2.20. The first-order valence-electron chi connectivity index (χ1n) is 22.0. The molecule has 4 nitrogen and oxygen atoms in total. The van der Waals surface area contributed by atoms with Crippen molar-refractivity contribution in [1.82, 2.24) is 15.0 Å². The summed E-state index contributed by atoms with van der Waals surface area (Å²) >= 11 is 0. The Bertz CT molecular complexity index is 3930. The van der Waals surface area contributed by atoms with E-state index in [0.29, 0.717) is 17.5 Å². The van der Waals surface area contributed by atoms with Crippen LogP contribution in [0.2, 0.25) is 0 Å². The Morgan fingerprint density at radius 2 is 0.662 bits per heavy atom. The van der Waals surface area contributed by atoms with Gasteiger partial charge in [-0.3, -0.25) is 0 Å². The number of hydrogen-bond acceptors (Lipinski definition) is 4. The molecule has 0 aliphatic rings. The van der Waals surface area contributed by atoms with Gasteiger partial charge in [-0.2, -0.15) is 0 Å². The molecular weight excluding hydrogens is 791 g/mol. The molecule has 13 aromatic rings. The first-order chi connectivity index (χ1) is 32.2. The van der Waals surface area contributed by atoms with E-state index in [9.17, 15) is 0 Å². The number of furan rings is 1. The Morgan fingerprint density at radius 1 is 0.262 bits per heavy atom. The van der Waals surface area contributed by atoms with Crippen molar-refractivity contribution in [3.8, 4) is 67.5 Å². The monoisotopic (exact) mass is 827 g/mol. The summed E-state index contributed by atoms with van der Waals surface area (Å²) in [5.74, 6) is 1.91. The molecule has 0 unspecified atom stereocenters. The van der Waals surface area contributed by atoms with Gasteiger partial charge in [0, 0.05) is 32.8 Å². The summed E-state index contributed by atoms with van der Waals surface area (Å²) in [6.07, 6.45) is 0. The van der Waals surface area contributed by atoms with Crippen LogP contribution >= 0.6 is 0 Å². The van der Waals surface area contributed by atoms with Crippen LogP contribution in [0.5, 0.6) is 0 Å². The fourth-order valence-electron chi connectivity index (χ4n) is 9.86. The van der Waals surface area contributed by atoms with E-state index < -0.39 is 0 Å². The van der Waals surface area contributed by atoms with Gasteiger partial charge in [-0.15, -0.1) is 0 Å². The predicted molar refractivity (Wildman–Crippen MR) is 270 cm³/mol. The minimum atomic E-state index is 0.623. The molecule has 0 radical (unpaired) electrons. The van der Waals surface area contributed by atoms with Crippen LogP contribution in [-0.2, 0) is 0 Å². The number of hydrogen-bond donors (Lipinski definition) is 0. The van der Waals surface area contributed by atoms with E-state index in [1.165, 1.54) is 16.2 Å². The zero-order chi connectivity index (χ0) is 42.8. The normalized spacial score (nSPS) is 11.7. The van der Waals surface area contributed by atoms with Gasteiger partial charge in [0.2, 0.25) is 0 Å². The van der Waals surface area contributed by atoms with Crippen molar-refractivity contribution in [3.05, 3.63) is 224 Å². The molecule has 0 aliphatic carbocycles. The second kappa shape index (κ2) is 15.0. The van der Waals surface area contributed by atoms with Crippen LogP contribution in [0.3, 0.4) is 0 Å². The van der Waals surface area contributed by atoms with Crippen LogP contribution in [-0.4, -0.2) is 15.0 Å². The van der Waals surface area contributed by atoms with Gasteiger partial charge >= 0.3 is 0 Å². The maximum absolute atomic E-state index is 6.74. The molecular formula is C61H37N3O. The number of aromatic nitrogens is 3. The average Bonchev–Trinajstić information content (AvgIpc) is 3.79. The molecule has 11 aromatic carbocycles. The van der Waals surface area contributed by atoms with E-state index in [4.69, 9.17) is 19.4 Å². The highest BCUT2D eigenvalue weighted by Crippen LogP contribution is 2.45. The molecule has 4 heteroatoms. The fraction of sp³-hybridized carbons (Fsp3) is 0. The highest BCUT2D eigenvalue weighted by atomic mass is 16.3. The van der Waals surface area contributed by atoms with E-state index in [0.717, 1.165) is 98.9 Å². The standard InChI is InChI=1S/C61H37N3O/c1-3-25-46-38(15-1)17-12-32-53(46)60-62-59(63-61(64-60)54-33-13-18-39-16-2-4-26-47(39)54)45-24-11-22-43(37-45)41-20-9-19-40(35-41)42-21-10-23-44(36-42)48-31-14-34-55-56(48)57-51-29-7-5-27-49(51)50-28-6-8-30-52(50)58(57)65-55/h1-37H. The van der Waals surface area contributed by atoms with Crippen LogP contribution in [0.15, 0.2) is 229 Å². The highest BCUT2D eigenvalue weighted by molar-refractivity contribution is 6.32. The van der Waals surface area contributed by atoms with Gasteiger partial charge in [-0.25, -0.2) is 15.0 Å². The van der Waals surface area contributed by atoms with Crippen LogP contribution in [0.4, 0.5) is 0 Å². The molecule has 0 saturated carbocycles. The van der Waals surface area contributed by atoms with Crippen molar-refractivity contribution in [2.75, 3.05) is 0 Å². The van der Waals surface area contributed by atoms with Crippen molar-refractivity contribution < 1.29 is 4.42 Å². The smallest absolute Gasteiger partial charge is 0.164 e. The lowest BCUT2D eigenvalue weighted by Crippen LogP contribution is -2.01. The number of benzene rings is 11. The molecule has 0 atom stereocenters. The van der Waals surface area contributed by atoms with Crippen molar-refractivity contribution in [2.24, 2.45) is 0 Å². The summed E-state index contributed by atoms with van der Waals surface area (Å²) in [7, 11) is 0. The maximum atomic E-state index is 6.74. The Labute approximate surface area is 374 Å². The minimum Gasteiger partial charge on any atom is -0.455 e. The summed E-state index contributed by atoms with van der Waals surface area (Å²) in [6, 6.07) is 79.3.